The summed E-state index contributed by atoms with van der Waals surface area (Å²) >= 11 is 0. The van der Waals surface area contributed by atoms with Gasteiger partial charge in [0.1, 0.15) is 5.75 Å². The monoisotopic (exact) mass is 265 g/mol. The van der Waals surface area contributed by atoms with Crippen LogP contribution in [0.3, 0.4) is 0 Å². The number of para-hydroxylation sites is 1. The molecule has 0 fully saturated rings. The first-order valence-corrected chi connectivity index (χ1v) is 6.87. The van der Waals surface area contributed by atoms with Crippen LogP contribution in [-0.2, 0) is 16.1 Å². The zero-order valence-electron chi connectivity index (χ0n) is 11.5. The predicted octanol–water partition coefficient (Wildman–Crippen LogP) is 2.61. The summed E-state index contributed by atoms with van der Waals surface area (Å²) in [5.74, 6) is 0.224. The van der Waals surface area contributed by atoms with E-state index in [0.29, 0.717) is 25.3 Å². The molecule has 0 bridgehead atoms. The third kappa shape index (κ3) is 6.82. The molecule has 2 N–H and O–H groups in total. The molecule has 0 aliphatic heterocycles. The fraction of sp³-hybridized carbons (Fsp3) is 0.533. The summed E-state index contributed by atoms with van der Waals surface area (Å²) in [5, 5.41) is 12.9. The van der Waals surface area contributed by atoms with Gasteiger partial charge in [0, 0.05) is 18.5 Å². The number of hydrogen-bond acceptors (Lipinski definition) is 4. The molecule has 19 heavy (non-hydrogen) atoms. The number of rotatable bonds is 9. The summed E-state index contributed by atoms with van der Waals surface area (Å²) in [5.41, 5.74) is 0.911. The van der Waals surface area contributed by atoms with Crippen molar-refractivity contribution in [3.8, 4) is 5.75 Å². The molecule has 0 aromatic heterocycles. The minimum Gasteiger partial charge on any atom is -0.508 e. The van der Waals surface area contributed by atoms with Gasteiger partial charge < -0.3 is 15.2 Å². The average Bonchev–Trinajstić information content (AvgIpc) is 2.40. The lowest BCUT2D eigenvalue weighted by Gasteiger charge is -2.06. The van der Waals surface area contributed by atoms with E-state index in [1.165, 1.54) is 0 Å². The van der Waals surface area contributed by atoms with Crippen LogP contribution in [0.2, 0.25) is 0 Å². The minimum atomic E-state index is -0.107. The molecule has 0 atom stereocenters. The molecule has 0 amide bonds. The van der Waals surface area contributed by atoms with Crippen molar-refractivity contribution >= 4 is 5.97 Å². The van der Waals surface area contributed by atoms with E-state index < -0.39 is 0 Å². The van der Waals surface area contributed by atoms with Crippen LogP contribution in [0.4, 0.5) is 0 Å². The summed E-state index contributed by atoms with van der Waals surface area (Å²) in [6.07, 6.45) is 3.41. The zero-order chi connectivity index (χ0) is 13.9. The molecule has 0 saturated carbocycles. The van der Waals surface area contributed by atoms with Gasteiger partial charge in [0.05, 0.1) is 6.61 Å². The number of nitrogens with one attached hydrogen (secondary N) is 1. The van der Waals surface area contributed by atoms with E-state index in [4.69, 9.17) is 4.74 Å². The van der Waals surface area contributed by atoms with Gasteiger partial charge in [-0.1, -0.05) is 24.6 Å². The van der Waals surface area contributed by atoms with E-state index in [9.17, 15) is 9.90 Å². The molecule has 0 heterocycles. The largest absolute Gasteiger partial charge is 0.508 e. The second kappa shape index (κ2) is 9.39. The van der Waals surface area contributed by atoms with Crippen LogP contribution in [0.5, 0.6) is 5.75 Å². The topological polar surface area (TPSA) is 58.6 Å². The number of phenolic OH excluding ortho intramolecular Hbond substituents is 1. The zero-order valence-corrected chi connectivity index (χ0v) is 11.5. The number of carbonyl (C=O) groups excluding carboxylic acids is 1. The molecule has 0 saturated heterocycles. The van der Waals surface area contributed by atoms with Crippen molar-refractivity contribution in [1.82, 2.24) is 5.32 Å². The summed E-state index contributed by atoms with van der Waals surface area (Å²) in [6, 6.07) is 7.32. The molecule has 0 radical (unpaired) electrons. The van der Waals surface area contributed by atoms with Crippen LogP contribution in [0, 0.1) is 0 Å². The second-order valence-corrected chi connectivity index (χ2v) is 4.42. The number of benzene rings is 1. The summed E-state index contributed by atoms with van der Waals surface area (Å²) in [4.78, 5) is 11.1. The van der Waals surface area contributed by atoms with Gasteiger partial charge in [-0.2, -0.15) is 0 Å². The Kier molecular flexibility index (Phi) is 7.66. The minimum absolute atomic E-state index is 0.107. The van der Waals surface area contributed by atoms with Gasteiger partial charge in [-0.3, -0.25) is 4.79 Å². The third-order valence-electron chi connectivity index (χ3n) is 2.85. The van der Waals surface area contributed by atoms with E-state index in [0.717, 1.165) is 31.4 Å². The molecule has 4 nitrogen and oxygen atoms in total. The van der Waals surface area contributed by atoms with Crippen molar-refractivity contribution in [2.75, 3.05) is 13.2 Å². The Hall–Kier alpha value is -1.55. The van der Waals surface area contributed by atoms with Crippen molar-refractivity contribution < 1.29 is 14.6 Å². The van der Waals surface area contributed by atoms with Crippen LogP contribution in [0.25, 0.3) is 0 Å². The van der Waals surface area contributed by atoms with Crippen molar-refractivity contribution in [3.63, 3.8) is 0 Å². The van der Waals surface area contributed by atoms with Gasteiger partial charge in [0.25, 0.3) is 0 Å². The van der Waals surface area contributed by atoms with Gasteiger partial charge in [0.2, 0.25) is 0 Å². The highest BCUT2D eigenvalue weighted by molar-refractivity contribution is 5.69. The second-order valence-electron chi connectivity index (χ2n) is 4.42. The standard InChI is InChI=1S/C15H23NO3/c1-2-19-15(18)10-4-3-7-11-16-12-13-8-5-6-9-14(13)17/h5-6,8-9,16-17H,2-4,7,10-12H2,1H3. The normalized spacial score (nSPS) is 10.4. The predicted molar refractivity (Wildman–Crippen MR) is 74.9 cm³/mol. The summed E-state index contributed by atoms with van der Waals surface area (Å²) in [6.45, 7) is 3.84. The summed E-state index contributed by atoms with van der Waals surface area (Å²) < 4.78 is 4.86. The van der Waals surface area contributed by atoms with Crippen LogP contribution >= 0.6 is 0 Å². The van der Waals surface area contributed by atoms with Crippen molar-refractivity contribution in [1.29, 1.82) is 0 Å². The highest BCUT2D eigenvalue weighted by atomic mass is 16.5. The maximum absolute atomic E-state index is 11.1. The van der Waals surface area contributed by atoms with Gasteiger partial charge >= 0.3 is 5.97 Å². The molecular weight excluding hydrogens is 242 g/mol. The average molecular weight is 265 g/mol. The molecule has 0 aliphatic rings. The molecule has 1 rings (SSSR count). The Morgan fingerprint density at radius 3 is 2.79 bits per heavy atom. The van der Waals surface area contributed by atoms with E-state index in [1.807, 2.05) is 25.1 Å². The first kappa shape index (κ1) is 15.5. The van der Waals surface area contributed by atoms with E-state index in [2.05, 4.69) is 5.32 Å². The van der Waals surface area contributed by atoms with Crippen molar-refractivity contribution in [3.05, 3.63) is 29.8 Å². The highest BCUT2D eigenvalue weighted by Gasteiger charge is 2.01. The number of esters is 1. The van der Waals surface area contributed by atoms with Gasteiger partial charge in [-0.15, -0.1) is 0 Å². The van der Waals surface area contributed by atoms with Crippen molar-refractivity contribution in [2.24, 2.45) is 0 Å². The lowest BCUT2D eigenvalue weighted by atomic mass is 10.2. The fourth-order valence-corrected chi connectivity index (χ4v) is 1.81. The maximum atomic E-state index is 11.1. The highest BCUT2D eigenvalue weighted by Crippen LogP contribution is 2.14. The number of ether oxygens (including phenoxy) is 1. The Labute approximate surface area is 114 Å². The lowest BCUT2D eigenvalue weighted by Crippen LogP contribution is -2.14. The Morgan fingerprint density at radius 2 is 2.05 bits per heavy atom. The first-order chi connectivity index (χ1) is 9.24. The Bertz CT molecular complexity index is 379. The van der Waals surface area contributed by atoms with Crippen LogP contribution in [-0.4, -0.2) is 24.2 Å². The molecule has 1 aromatic carbocycles. The Balaban J connectivity index is 2.00. The molecule has 0 aliphatic carbocycles. The molecular formula is C15H23NO3. The molecule has 1 aromatic rings. The lowest BCUT2D eigenvalue weighted by molar-refractivity contribution is -0.143. The summed E-state index contributed by atoms with van der Waals surface area (Å²) in [7, 11) is 0. The SMILES string of the molecule is CCOC(=O)CCCCCNCc1ccccc1O. The molecule has 4 heteroatoms. The first-order valence-electron chi connectivity index (χ1n) is 6.87. The van der Waals surface area contributed by atoms with Crippen molar-refractivity contribution in [2.45, 2.75) is 39.2 Å². The molecule has 0 spiro atoms. The number of unbranched alkanes of at least 4 members (excludes halogenated alkanes) is 2. The number of carbonyl (C=O) groups is 1. The molecule has 106 valence electrons. The van der Waals surface area contributed by atoms with E-state index in [-0.39, 0.29) is 5.97 Å². The van der Waals surface area contributed by atoms with Crippen LogP contribution in [0.1, 0.15) is 38.2 Å². The third-order valence-corrected chi connectivity index (χ3v) is 2.85. The van der Waals surface area contributed by atoms with Gasteiger partial charge in [0.15, 0.2) is 0 Å². The van der Waals surface area contributed by atoms with Crippen LogP contribution in [0.15, 0.2) is 24.3 Å². The quantitative estimate of drug-likeness (QED) is 0.532. The van der Waals surface area contributed by atoms with Crippen LogP contribution < -0.4 is 5.32 Å². The van der Waals surface area contributed by atoms with E-state index >= 15 is 0 Å². The molecule has 0 unspecified atom stereocenters. The fourth-order valence-electron chi connectivity index (χ4n) is 1.81. The Morgan fingerprint density at radius 1 is 1.26 bits per heavy atom. The number of hydrogen-bond donors (Lipinski definition) is 2. The van der Waals surface area contributed by atoms with Gasteiger partial charge in [-0.25, -0.2) is 0 Å². The number of aromatic hydroxyl groups is 1. The number of phenols is 1. The smallest absolute Gasteiger partial charge is 0.305 e. The maximum Gasteiger partial charge on any atom is 0.305 e. The van der Waals surface area contributed by atoms with Gasteiger partial charge in [-0.05, 0) is 32.4 Å². The van der Waals surface area contributed by atoms with E-state index in [1.54, 1.807) is 6.07 Å².